The molecule has 2 fully saturated rings. The second-order valence-corrected chi connectivity index (χ2v) is 8.03. The summed E-state index contributed by atoms with van der Waals surface area (Å²) in [6, 6.07) is 21.6. The molecule has 1 aliphatic carbocycles. The molecule has 1 heterocycles. The van der Waals surface area contributed by atoms with Crippen LogP contribution in [0.5, 0.6) is 0 Å². The van der Waals surface area contributed by atoms with Crippen LogP contribution in [0.15, 0.2) is 60.7 Å². The largest absolute Gasteiger partial charge is 0.335 e. The molecular weight excluding hydrogens is 332 g/mol. The molecule has 0 radical (unpaired) electrons. The Kier molecular flexibility index (Phi) is 5.88. The second kappa shape index (κ2) is 8.71. The number of likely N-dealkylation sites (tertiary alicyclic amines) is 1. The third kappa shape index (κ3) is 4.98. The fourth-order valence-electron chi connectivity index (χ4n) is 4.12. The first-order chi connectivity index (χ1) is 13.3. The molecule has 3 nitrogen and oxygen atoms in total. The first kappa shape index (κ1) is 18.2. The van der Waals surface area contributed by atoms with Crippen molar-refractivity contribution < 1.29 is 4.79 Å². The first-order valence-electron chi connectivity index (χ1n) is 10.4. The van der Waals surface area contributed by atoms with Gasteiger partial charge < -0.3 is 9.80 Å². The predicted molar refractivity (Wildman–Crippen MR) is 109 cm³/mol. The number of carbonyl (C=O) groups is 1. The van der Waals surface area contributed by atoms with Crippen LogP contribution in [0.1, 0.15) is 36.8 Å². The summed E-state index contributed by atoms with van der Waals surface area (Å²) in [5, 5.41) is 0. The number of amides is 1. The van der Waals surface area contributed by atoms with Crippen LogP contribution < -0.4 is 0 Å². The van der Waals surface area contributed by atoms with E-state index in [0.717, 1.165) is 58.3 Å². The van der Waals surface area contributed by atoms with E-state index in [1.54, 1.807) is 0 Å². The highest BCUT2D eigenvalue weighted by Gasteiger charge is 2.37. The fourth-order valence-corrected chi connectivity index (χ4v) is 4.12. The lowest BCUT2D eigenvalue weighted by Crippen LogP contribution is -2.47. The van der Waals surface area contributed by atoms with Crippen LogP contribution in [0, 0.1) is 5.92 Å². The third-order valence-corrected chi connectivity index (χ3v) is 5.96. The zero-order valence-corrected chi connectivity index (χ0v) is 16.1. The smallest absolute Gasteiger partial charge is 0.226 e. The maximum absolute atomic E-state index is 12.9. The summed E-state index contributed by atoms with van der Waals surface area (Å²) in [4.78, 5) is 17.7. The van der Waals surface area contributed by atoms with Crippen LogP contribution in [-0.2, 0) is 17.8 Å². The van der Waals surface area contributed by atoms with Gasteiger partial charge in [-0.1, -0.05) is 60.7 Å². The van der Waals surface area contributed by atoms with Crippen molar-refractivity contribution in [3.8, 4) is 0 Å². The van der Waals surface area contributed by atoms with Crippen LogP contribution in [-0.4, -0.2) is 41.4 Å². The van der Waals surface area contributed by atoms with E-state index in [4.69, 9.17) is 0 Å². The summed E-state index contributed by atoms with van der Waals surface area (Å²) >= 11 is 0. The summed E-state index contributed by atoms with van der Waals surface area (Å²) in [5.74, 6) is 0.686. The first-order valence-corrected chi connectivity index (χ1v) is 10.4. The Hall–Kier alpha value is -2.13. The van der Waals surface area contributed by atoms with Gasteiger partial charge in [0.1, 0.15) is 0 Å². The Morgan fingerprint density at radius 3 is 2.04 bits per heavy atom. The van der Waals surface area contributed by atoms with E-state index in [9.17, 15) is 4.79 Å². The normalized spacial score (nSPS) is 18.4. The maximum Gasteiger partial charge on any atom is 0.226 e. The molecule has 27 heavy (non-hydrogen) atoms. The highest BCUT2D eigenvalue weighted by Crippen LogP contribution is 2.33. The van der Waals surface area contributed by atoms with Gasteiger partial charge in [0.05, 0.1) is 0 Å². The molecule has 2 aliphatic rings. The van der Waals surface area contributed by atoms with E-state index >= 15 is 0 Å². The molecule has 0 bridgehead atoms. The maximum atomic E-state index is 12.9. The Labute approximate surface area is 163 Å². The molecule has 142 valence electrons. The number of benzene rings is 2. The van der Waals surface area contributed by atoms with Crippen molar-refractivity contribution in [2.75, 3.05) is 19.6 Å². The zero-order chi connectivity index (χ0) is 18.5. The predicted octanol–water partition coefficient (Wildman–Crippen LogP) is 4.13. The van der Waals surface area contributed by atoms with Gasteiger partial charge in [0.2, 0.25) is 5.91 Å². The molecule has 1 aliphatic heterocycles. The summed E-state index contributed by atoms with van der Waals surface area (Å²) in [5.41, 5.74) is 2.66. The van der Waals surface area contributed by atoms with Gasteiger partial charge in [0.25, 0.3) is 0 Å². The topological polar surface area (TPSA) is 23.6 Å². The van der Waals surface area contributed by atoms with Crippen molar-refractivity contribution in [1.29, 1.82) is 0 Å². The summed E-state index contributed by atoms with van der Waals surface area (Å²) in [7, 11) is 0. The van der Waals surface area contributed by atoms with Crippen molar-refractivity contribution in [2.24, 2.45) is 5.92 Å². The number of piperidine rings is 1. The second-order valence-electron chi connectivity index (χ2n) is 8.03. The number of hydrogen-bond donors (Lipinski definition) is 0. The fraction of sp³-hybridized carbons (Fsp3) is 0.458. The van der Waals surface area contributed by atoms with E-state index in [2.05, 4.69) is 64.4 Å². The average Bonchev–Trinajstić information content (AvgIpc) is 3.57. The van der Waals surface area contributed by atoms with Crippen LogP contribution in [0.3, 0.4) is 0 Å². The quantitative estimate of drug-likeness (QED) is 0.739. The average molecular weight is 363 g/mol. The van der Waals surface area contributed by atoms with E-state index in [-0.39, 0.29) is 0 Å². The van der Waals surface area contributed by atoms with E-state index in [1.165, 1.54) is 11.1 Å². The van der Waals surface area contributed by atoms with Gasteiger partial charge in [0.15, 0.2) is 0 Å². The summed E-state index contributed by atoms with van der Waals surface area (Å²) in [6.45, 7) is 4.08. The lowest BCUT2D eigenvalue weighted by Gasteiger charge is -2.39. The Morgan fingerprint density at radius 2 is 1.44 bits per heavy atom. The number of nitrogens with zero attached hydrogens (tertiary/aromatic N) is 2. The van der Waals surface area contributed by atoms with E-state index < -0.39 is 0 Å². The zero-order valence-electron chi connectivity index (χ0n) is 16.1. The molecule has 1 saturated carbocycles. The van der Waals surface area contributed by atoms with Crippen molar-refractivity contribution in [3.63, 3.8) is 0 Å². The van der Waals surface area contributed by atoms with Gasteiger partial charge in [-0.15, -0.1) is 0 Å². The Bertz CT molecular complexity index is 719. The van der Waals surface area contributed by atoms with Crippen molar-refractivity contribution in [3.05, 3.63) is 71.8 Å². The highest BCUT2D eigenvalue weighted by molar-refractivity contribution is 5.81. The molecule has 1 saturated heterocycles. The molecule has 2 aromatic rings. The minimum atomic E-state index is 0.296. The minimum absolute atomic E-state index is 0.296. The van der Waals surface area contributed by atoms with Crippen LogP contribution in [0.2, 0.25) is 0 Å². The molecule has 0 spiro atoms. The van der Waals surface area contributed by atoms with Crippen molar-refractivity contribution in [2.45, 2.75) is 44.7 Å². The number of carbonyl (C=O) groups excluding carboxylic acids is 1. The Morgan fingerprint density at radius 1 is 0.852 bits per heavy atom. The van der Waals surface area contributed by atoms with Crippen molar-refractivity contribution >= 4 is 5.91 Å². The molecule has 2 aromatic carbocycles. The lowest BCUT2D eigenvalue weighted by atomic mass is 10.0. The summed E-state index contributed by atoms with van der Waals surface area (Å²) in [6.07, 6.45) is 5.47. The molecule has 0 atom stereocenters. The molecule has 3 heteroatoms. The minimum Gasteiger partial charge on any atom is -0.335 e. The summed E-state index contributed by atoms with van der Waals surface area (Å²) < 4.78 is 0. The lowest BCUT2D eigenvalue weighted by molar-refractivity contribution is -0.136. The molecule has 0 unspecified atom stereocenters. The van der Waals surface area contributed by atoms with Gasteiger partial charge >= 0.3 is 0 Å². The van der Waals surface area contributed by atoms with Gasteiger partial charge in [-0.3, -0.25) is 4.79 Å². The molecule has 1 amide bonds. The van der Waals surface area contributed by atoms with E-state index in [0.29, 0.717) is 17.9 Å². The van der Waals surface area contributed by atoms with Gasteiger partial charge in [0, 0.05) is 38.1 Å². The van der Waals surface area contributed by atoms with Gasteiger partial charge in [-0.25, -0.2) is 0 Å². The van der Waals surface area contributed by atoms with Crippen molar-refractivity contribution in [1.82, 2.24) is 9.80 Å². The molecular formula is C24H30N2O. The molecule has 0 aromatic heterocycles. The Balaban J connectivity index is 1.33. The monoisotopic (exact) mass is 362 g/mol. The van der Waals surface area contributed by atoms with Crippen LogP contribution in [0.25, 0.3) is 0 Å². The van der Waals surface area contributed by atoms with Gasteiger partial charge in [-0.2, -0.15) is 0 Å². The number of hydrogen-bond acceptors (Lipinski definition) is 2. The SMILES string of the molecule is O=C(C1CC1)N(Cc1ccccc1)C1CCN(CCc2ccccc2)CC1. The van der Waals surface area contributed by atoms with Gasteiger partial charge in [-0.05, 0) is 43.2 Å². The third-order valence-electron chi connectivity index (χ3n) is 5.96. The van der Waals surface area contributed by atoms with Crippen LogP contribution >= 0.6 is 0 Å². The standard InChI is InChI=1S/C24H30N2O/c27-24(22-11-12-22)26(19-21-9-5-2-6-10-21)23-14-17-25(18-15-23)16-13-20-7-3-1-4-8-20/h1-10,22-23H,11-19H2. The molecule has 0 N–H and O–H groups in total. The van der Waals surface area contributed by atoms with E-state index in [1.807, 2.05) is 6.07 Å². The van der Waals surface area contributed by atoms with Crippen LogP contribution in [0.4, 0.5) is 0 Å². The highest BCUT2D eigenvalue weighted by atomic mass is 16.2. The number of rotatable bonds is 7. The molecule has 4 rings (SSSR count).